The third-order valence-corrected chi connectivity index (χ3v) is 4.92. The van der Waals surface area contributed by atoms with E-state index in [2.05, 4.69) is 16.8 Å². The number of nitrogens with zero attached hydrogens (tertiary/aromatic N) is 3. The van der Waals surface area contributed by atoms with Crippen molar-refractivity contribution in [2.45, 2.75) is 19.4 Å². The van der Waals surface area contributed by atoms with Crippen LogP contribution in [0.4, 0.5) is 5.69 Å². The average molecular weight is 322 g/mol. The van der Waals surface area contributed by atoms with Gasteiger partial charge in [-0.05, 0) is 31.7 Å². The number of anilines is 1. The summed E-state index contributed by atoms with van der Waals surface area (Å²) in [5.74, 6) is -0.275. The predicted octanol–water partition coefficient (Wildman–Crippen LogP) is 1.53. The summed E-state index contributed by atoms with van der Waals surface area (Å²) in [6.07, 6.45) is 0.258. The Kier molecular flexibility index (Phi) is 4.21. The Morgan fingerprint density at radius 2 is 1.82 bits per heavy atom. The zero-order chi connectivity index (χ0) is 15.9. The molecule has 6 heteroatoms. The number of amides is 2. The van der Waals surface area contributed by atoms with Crippen LogP contribution >= 0.6 is 11.6 Å². The van der Waals surface area contributed by atoms with Gasteiger partial charge in [0.1, 0.15) is 0 Å². The number of imide groups is 1. The lowest BCUT2D eigenvalue weighted by Gasteiger charge is -2.35. The molecule has 0 saturated carbocycles. The van der Waals surface area contributed by atoms with Gasteiger partial charge >= 0.3 is 0 Å². The minimum absolute atomic E-state index is 0.130. The van der Waals surface area contributed by atoms with Gasteiger partial charge in [-0.2, -0.15) is 0 Å². The summed E-state index contributed by atoms with van der Waals surface area (Å²) in [6.45, 7) is 5.39. The topological polar surface area (TPSA) is 43.9 Å². The van der Waals surface area contributed by atoms with E-state index in [1.807, 2.05) is 13.0 Å². The van der Waals surface area contributed by atoms with Gasteiger partial charge in [0.2, 0.25) is 5.91 Å². The molecule has 2 amide bonds. The first-order chi connectivity index (χ1) is 10.5. The van der Waals surface area contributed by atoms with E-state index in [0.29, 0.717) is 10.7 Å². The lowest BCUT2D eigenvalue weighted by atomic mass is 10.2. The second-order valence-corrected chi connectivity index (χ2v) is 6.47. The molecule has 2 aliphatic heterocycles. The van der Waals surface area contributed by atoms with E-state index in [1.165, 1.54) is 4.90 Å². The van der Waals surface area contributed by atoms with Crippen molar-refractivity contribution < 1.29 is 9.59 Å². The number of carbonyl (C=O) groups excluding carboxylic acids is 2. The van der Waals surface area contributed by atoms with Gasteiger partial charge in [0.05, 0.1) is 18.2 Å². The second kappa shape index (κ2) is 5.99. The number of piperazine rings is 1. The summed E-state index contributed by atoms with van der Waals surface area (Å²) in [5.41, 5.74) is 1.50. The molecule has 0 bridgehead atoms. The van der Waals surface area contributed by atoms with Gasteiger partial charge in [-0.3, -0.25) is 14.5 Å². The van der Waals surface area contributed by atoms with Crippen LogP contribution in [0.15, 0.2) is 18.2 Å². The Bertz CT molecular complexity index is 611. The average Bonchev–Trinajstić information content (AvgIpc) is 2.78. The molecule has 0 aliphatic carbocycles. The molecule has 1 aromatic carbocycles. The molecule has 0 N–H and O–H groups in total. The largest absolute Gasteiger partial charge is 0.304 e. The Morgan fingerprint density at radius 1 is 1.14 bits per heavy atom. The van der Waals surface area contributed by atoms with Crippen LogP contribution in [0.25, 0.3) is 0 Å². The lowest BCUT2D eigenvalue weighted by molar-refractivity contribution is -0.123. The van der Waals surface area contributed by atoms with Gasteiger partial charge in [-0.15, -0.1) is 0 Å². The molecule has 0 radical (unpaired) electrons. The standard InChI is InChI=1S/C16H20ClN3O2/c1-11-3-4-12(9-13(11)17)20-15(21)10-14(16(20)22)19-7-5-18(2)6-8-19/h3-4,9,14H,5-8,10H2,1-2H3/t14-/m0/s1. The summed E-state index contributed by atoms with van der Waals surface area (Å²) in [4.78, 5) is 30.7. The van der Waals surface area contributed by atoms with Crippen LogP contribution in [-0.4, -0.2) is 60.9 Å². The number of carbonyl (C=O) groups is 2. The van der Waals surface area contributed by atoms with Gasteiger partial charge in [-0.1, -0.05) is 17.7 Å². The molecule has 5 nitrogen and oxygen atoms in total. The van der Waals surface area contributed by atoms with Gasteiger partial charge in [0.25, 0.3) is 5.91 Å². The van der Waals surface area contributed by atoms with Crippen LogP contribution in [0.2, 0.25) is 5.02 Å². The second-order valence-electron chi connectivity index (χ2n) is 6.06. The molecule has 2 saturated heterocycles. The highest BCUT2D eigenvalue weighted by atomic mass is 35.5. The molecular weight excluding hydrogens is 302 g/mol. The summed E-state index contributed by atoms with van der Waals surface area (Å²) < 4.78 is 0. The maximum absolute atomic E-state index is 12.7. The fourth-order valence-electron chi connectivity index (χ4n) is 3.03. The molecule has 1 aromatic rings. The number of hydrogen-bond acceptors (Lipinski definition) is 4. The Labute approximate surface area is 135 Å². The number of aryl methyl sites for hydroxylation is 1. The predicted molar refractivity (Wildman–Crippen MR) is 86.2 cm³/mol. The fourth-order valence-corrected chi connectivity index (χ4v) is 3.20. The van der Waals surface area contributed by atoms with Crippen molar-refractivity contribution in [2.24, 2.45) is 0 Å². The third-order valence-electron chi connectivity index (χ3n) is 4.52. The third kappa shape index (κ3) is 2.76. The summed E-state index contributed by atoms with van der Waals surface area (Å²) in [5, 5.41) is 0.571. The van der Waals surface area contributed by atoms with Gasteiger partial charge in [0.15, 0.2) is 0 Å². The minimum atomic E-state index is -0.332. The molecule has 3 rings (SSSR count). The molecule has 0 spiro atoms. The van der Waals surface area contributed by atoms with E-state index in [-0.39, 0.29) is 24.3 Å². The summed E-state index contributed by atoms with van der Waals surface area (Å²) in [7, 11) is 2.07. The van der Waals surface area contributed by atoms with Crippen molar-refractivity contribution in [3.8, 4) is 0 Å². The van der Waals surface area contributed by atoms with Crippen molar-refractivity contribution in [1.29, 1.82) is 0 Å². The highest BCUT2D eigenvalue weighted by Crippen LogP contribution is 2.29. The van der Waals surface area contributed by atoms with E-state index < -0.39 is 0 Å². The van der Waals surface area contributed by atoms with E-state index in [9.17, 15) is 9.59 Å². The van der Waals surface area contributed by atoms with Gasteiger partial charge in [-0.25, -0.2) is 4.90 Å². The molecule has 2 fully saturated rings. The Balaban J connectivity index is 1.80. The number of hydrogen-bond donors (Lipinski definition) is 0. The number of likely N-dealkylation sites (N-methyl/N-ethyl adjacent to an activating group) is 1. The first kappa shape index (κ1) is 15.5. The fraction of sp³-hybridized carbons (Fsp3) is 0.500. The molecule has 118 valence electrons. The SMILES string of the molecule is Cc1ccc(N2C(=O)C[C@H](N3CCN(C)CC3)C2=O)cc1Cl. The van der Waals surface area contributed by atoms with Crippen molar-refractivity contribution in [3.63, 3.8) is 0 Å². The van der Waals surface area contributed by atoms with Crippen LogP contribution in [-0.2, 0) is 9.59 Å². The zero-order valence-electron chi connectivity index (χ0n) is 12.9. The molecule has 0 aromatic heterocycles. The lowest BCUT2D eigenvalue weighted by Crippen LogP contribution is -2.51. The van der Waals surface area contributed by atoms with E-state index >= 15 is 0 Å². The quantitative estimate of drug-likeness (QED) is 0.775. The highest BCUT2D eigenvalue weighted by Gasteiger charge is 2.43. The van der Waals surface area contributed by atoms with Crippen molar-refractivity contribution >= 4 is 29.1 Å². The maximum atomic E-state index is 12.7. The highest BCUT2D eigenvalue weighted by molar-refractivity contribution is 6.32. The normalized spacial score (nSPS) is 24.3. The van der Waals surface area contributed by atoms with Crippen LogP contribution in [0.3, 0.4) is 0 Å². The first-order valence-corrected chi connectivity index (χ1v) is 7.90. The zero-order valence-corrected chi connectivity index (χ0v) is 13.6. The van der Waals surface area contributed by atoms with Crippen LogP contribution in [0.1, 0.15) is 12.0 Å². The van der Waals surface area contributed by atoms with Crippen molar-refractivity contribution in [1.82, 2.24) is 9.80 Å². The minimum Gasteiger partial charge on any atom is -0.304 e. The number of benzene rings is 1. The van der Waals surface area contributed by atoms with E-state index in [4.69, 9.17) is 11.6 Å². The van der Waals surface area contributed by atoms with Crippen molar-refractivity contribution in [3.05, 3.63) is 28.8 Å². The van der Waals surface area contributed by atoms with Crippen LogP contribution < -0.4 is 4.90 Å². The summed E-state index contributed by atoms with van der Waals surface area (Å²) >= 11 is 6.12. The van der Waals surface area contributed by atoms with Gasteiger partial charge in [0, 0.05) is 31.2 Å². The Morgan fingerprint density at radius 3 is 2.45 bits per heavy atom. The van der Waals surface area contributed by atoms with E-state index in [1.54, 1.807) is 12.1 Å². The number of halogens is 1. The Hall–Kier alpha value is -1.43. The monoisotopic (exact) mass is 321 g/mol. The smallest absolute Gasteiger partial charge is 0.251 e. The molecule has 2 heterocycles. The summed E-state index contributed by atoms with van der Waals surface area (Å²) in [6, 6.07) is 4.98. The number of rotatable bonds is 2. The van der Waals surface area contributed by atoms with Crippen LogP contribution in [0.5, 0.6) is 0 Å². The molecule has 0 unspecified atom stereocenters. The van der Waals surface area contributed by atoms with Gasteiger partial charge < -0.3 is 4.90 Å². The molecule has 22 heavy (non-hydrogen) atoms. The maximum Gasteiger partial charge on any atom is 0.251 e. The van der Waals surface area contributed by atoms with Crippen LogP contribution in [0, 0.1) is 6.92 Å². The molecular formula is C16H20ClN3O2. The molecule has 2 aliphatic rings. The van der Waals surface area contributed by atoms with E-state index in [0.717, 1.165) is 31.7 Å². The van der Waals surface area contributed by atoms with Crippen molar-refractivity contribution in [2.75, 3.05) is 38.1 Å². The molecule has 1 atom stereocenters. The first-order valence-electron chi connectivity index (χ1n) is 7.53.